The van der Waals surface area contributed by atoms with E-state index >= 15 is 0 Å². The summed E-state index contributed by atoms with van der Waals surface area (Å²) in [7, 11) is 0. The second kappa shape index (κ2) is 14.8. The molecule has 0 saturated heterocycles. The Kier molecular flexibility index (Phi) is 10.1. The van der Waals surface area contributed by atoms with Gasteiger partial charge in [-0.1, -0.05) is 53.2 Å². The fourth-order valence-corrected chi connectivity index (χ4v) is 4.52. The summed E-state index contributed by atoms with van der Waals surface area (Å²) in [5.41, 5.74) is 6.09. The lowest BCUT2D eigenvalue weighted by atomic mass is 10.1. The normalized spacial score (nSPS) is 10.8. The van der Waals surface area contributed by atoms with Crippen molar-refractivity contribution >= 4 is 51.2 Å². The topological polar surface area (TPSA) is 127 Å². The highest BCUT2D eigenvalue weighted by Crippen LogP contribution is 2.25. The summed E-state index contributed by atoms with van der Waals surface area (Å²) in [6.45, 7) is 2.67. The number of nitrogens with one attached hydrogen (secondary N) is 3. The van der Waals surface area contributed by atoms with Gasteiger partial charge >= 0.3 is 11.8 Å². The minimum absolute atomic E-state index is 0.175. The number of carbonyl (C=O) groups is 3. The van der Waals surface area contributed by atoms with Crippen LogP contribution in [0.15, 0.2) is 119 Å². The summed E-state index contributed by atoms with van der Waals surface area (Å²) in [6, 6.07) is 30.6. The molecule has 0 aliphatic rings. The molecule has 0 atom stereocenters. The number of ether oxygens (including phenoxy) is 1. The van der Waals surface area contributed by atoms with Crippen LogP contribution in [0.2, 0.25) is 0 Å². The number of hydrazone groups is 1. The van der Waals surface area contributed by atoms with Gasteiger partial charge in [-0.05, 0) is 79.2 Å². The molecule has 5 aromatic rings. The molecule has 0 aliphatic heterocycles. The molecular formula is C34H29BrN6O4. The third kappa shape index (κ3) is 8.09. The molecule has 0 spiro atoms. The van der Waals surface area contributed by atoms with Gasteiger partial charge in [0, 0.05) is 27.5 Å². The number of benzene rings is 4. The van der Waals surface area contributed by atoms with Crippen molar-refractivity contribution in [2.75, 3.05) is 17.2 Å². The lowest BCUT2D eigenvalue weighted by molar-refractivity contribution is -0.136. The minimum Gasteiger partial charge on any atom is -0.494 e. The molecule has 0 unspecified atom stereocenters. The van der Waals surface area contributed by atoms with E-state index in [0.717, 1.165) is 27.9 Å². The van der Waals surface area contributed by atoms with Crippen LogP contribution < -0.4 is 20.8 Å². The average molecular weight is 666 g/mol. The van der Waals surface area contributed by atoms with Crippen molar-refractivity contribution in [3.63, 3.8) is 0 Å². The lowest BCUT2D eigenvalue weighted by Gasteiger charge is -2.11. The summed E-state index contributed by atoms with van der Waals surface area (Å²) < 4.78 is 8.28. The van der Waals surface area contributed by atoms with Crippen LogP contribution in [0, 0.1) is 0 Å². The maximum atomic E-state index is 12.9. The molecule has 3 N–H and O–H groups in total. The Hall–Kier alpha value is -5.55. The van der Waals surface area contributed by atoms with Gasteiger partial charge in [0.1, 0.15) is 11.4 Å². The quantitative estimate of drug-likeness (QED) is 0.0901. The van der Waals surface area contributed by atoms with Gasteiger partial charge in [-0.3, -0.25) is 14.4 Å². The number of anilines is 2. The zero-order valence-electron chi connectivity index (χ0n) is 24.2. The van der Waals surface area contributed by atoms with Gasteiger partial charge in [0.05, 0.1) is 29.8 Å². The van der Waals surface area contributed by atoms with E-state index in [1.165, 1.54) is 12.3 Å². The van der Waals surface area contributed by atoms with Crippen molar-refractivity contribution in [1.82, 2.24) is 15.2 Å². The number of amides is 3. The summed E-state index contributed by atoms with van der Waals surface area (Å²) in [5, 5.41) is 14.0. The largest absolute Gasteiger partial charge is 0.494 e. The second-order valence-electron chi connectivity index (χ2n) is 9.75. The molecule has 1 heterocycles. The van der Waals surface area contributed by atoms with Crippen LogP contribution in [0.5, 0.6) is 5.75 Å². The molecule has 0 fully saturated rings. The van der Waals surface area contributed by atoms with E-state index in [2.05, 4.69) is 37.1 Å². The van der Waals surface area contributed by atoms with Crippen LogP contribution >= 0.6 is 15.9 Å². The number of para-hydroxylation sites is 2. The predicted molar refractivity (Wildman–Crippen MR) is 178 cm³/mol. The first-order valence-electron chi connectivity index (χ1n) is 14.1. The molecule has 5 rings (SSSR count). The number of rotatable bonds is 10. The highest BCUT2D eigenvalue weighted by molar-refractivity contribution is 9.10. The van der Waals surface area contributed by atoms with Gasteiger partial charge in [-0.25, -0.2) is 10.1 Å². The van der Waals surface area contributed by atoms with Gasteiger partial charge in [0.15, 0.2) is 0 Å². The van der Waals surface area contributed by atoms with Crippen molar-refractivity contribution in [2.24, 2.45) is 5.10 Å². The van der Waals surface area contributed by atoms with E-state index in [1.807, 2.05) is 61.5 Å². The standard InChI is InChI=1S/C34H29BrN6O4/c1-2-20-45-28-18-12-23(13-19-28)31-24(22-41(40-31)27-8-4-3-5-9-27)21-36-39-34(44)33(43)38-30-11-7-6-10-29(30)32(42)37-26-16-14-25(35)15-17-26/h3-19,21-22H,2,20H2,1H3,(H,37,42)(H,38,43)(H,39,44)/b36-21-. The second-order valence-corrected chi connectivity index (χ2v) is 10.7. The molecule has 226 valence electrons. The van der Waals surface area contributed by atoms with Crippen molar-refractivity contribution in [3.8, 4) is 22.7 Å². The zero-order chi connectivity index (χ0) is 31.6. The van der Waals surface area contributed by atoms with Crippen molar-refractivity contribution < 1.29 is 19.1 Å². The Bertz CT molecular complexity index is 1820. The van der Waals surface area contributed by atoms with Crippen molar-refractivity contribution in [3.05, 3.63) is 125 Å². The number of halogens is 1. The molecule has 11 heteroatoms. The molecule has 10 nitrogen and oxygen atoms in total. The summed E-state index contributed by atoms with van der Waals surface area (Å²) in [5.74, 6) is -1.69. The fraction of sp³-hybridized carbons (Fsp3) is 0.0882. The molecule has 0 aliphatic carbocycles. The zero-order valence-corrected chi connectivity index (χ0v) is 25.8. The fourth-order valence-electron chi connectivity index (χ4n) is 4.26. The van der Waals surface area contributed by atoms with E-state index in [-0.39, 0.29) is 11.3 Å². The number of nitrogens with zero attached hydrogens (tertiary/aromatic N) is 3. The summed E-state index contributed by atoms with van der Waals surface area (Å²) in [6.07, 6.45) is 4.11. The predicted octanol–water partition coefficient (Wildman–Crippen LogP) is 6.43. The van der Waals surface area contributed by atoms with E-state index in [0.29, 0.717) is 23.6 Å². The van der Waals surface area contributed by atoms with E-state index in [1.54, 1.807) is 53.3 Å². The lowest BCUT2D eigenvalue weighted by Crippen LogP contribution is -2.33. The van der Waals surface area contributed by atoms with E-state index in [4.69, 9.17) is 9.84 Å². The van der Waals surface area contributed by atoms with Crippen LogP contribution in [0.1, 0.15) is 29.3 Å². The van der Waals surface area contributed by atoms with Gasteiger partial charge in [0.25, 0.3) is 5.91 Å². The maximum absolute atomic E-state index is 12.9. The molecular weight excluding hydrogens is 636 g/mol. The first-order chi connectivity index (χ1) is 21.9. The van der Waals surface area contributed by atoms with Crippen LogP contribution in [0.4, 0.5) is 11.4 Å². The van der Waals surface area contributed by atoms with Crippen molar-refractivity contribution in [2.45, 2.75) is 13.3 Å². The molecule has 3 amide bonds. The molecule has 1 aromatic heterocycles. The Morgan fingerprint density at radius 3 is 2.31 bits per heavy atom. The first kappa shape index (κ1) is 30.9. The van der Waals surface area contributed by atoms with Gasteiger partial charge in [-0.15, -0.1) is 0 Å². The Labute approximate surface area is 268 Å². The Balaban J connectivity index is 1.29. The third-order valence-corrected chi connectivity index (χ3v) is 6.99. The van der Waals surface area contributed by atoms with Crippen LogP contribution in [-0.2, 0) is 9.59 Å². The van der Waals surface area contributed by atoms with Crippen LogP contribution in [-0.4, -0.2) is 40.3 Å². The third-order valence-electron chi connectivity index (χ3n) is 6.46. The van der Waals surface area contributed by atoms with Gasteiger partial charge in [0.2, 0.25) is 0 Å². The number of carbonyl (C=O) groups excluding carboxylic acids is 3. The monoisotopic (exact) mass is 664 g/mol. The van der Waals surface area contributed by atoms with Crippen LogP contribution in [0.25, 0.3) is 16.9 Å². The average Bonchev–Trinajstić information content (AvgIpc) is 3.49. The van der Waals surface area contributed by atoms with E-state index < -0.39 is 17.7 Å². The number of hydrogen-bond donors (Lipinski definition) is 3. The minimum atomic E-state index is -1.01. The summed E-state index contributed by atoms with van der Waals surface area (Å²) >= 11 is 3.36. The highest BCUT2D eigenvalue weighted by Gasteiger charge is 2.18. The molecule has 0 saturated carbocycles. The van der Waals surface area contributed by atoms with E-state index in [9.17, 15) is 14.4 Å². The van der Waals surface area contributed by atoms with Crippen molar-refractivity contribution in [1.29, 1.82) is 0 Å². The Morgan fingerprint density at radius 1 is 0.867 bits per heavy atom. The Morgan fingerprint density at radius 2 is 1.58 bits per heavy atom. The molecule has 45 heavy (non-hydrogen) atoms. The SMILES string of the molecule is CCCOc1ccc(-c2nn(-c3ccccc3)cc2/C=N\NC(=O)C(=O)Nc2ccccc2C(=O)Nc2ccc(Br)cc2)cc1. The maximum Gasteiger partial charge on any atom is 0.329 e. The highest BCUT2D eigenvalue weighted by atomic mass is 79.9. The first-order valence-corrected chi connectivity index (χ1v) is 14.9. The molecule has 0 radical (unpaired) electrons. The van der Waals surface area contributed by atoms with Crippen LogP contribution in [0.3, 0.4) is 0 Å². The van der Waals surface area contributed by atoms with Gasteiger partial charge in [-0.2, -0.15) is 10.2 Å². The number of hydrogen-bond acceptors (Lipinski definition) is 6. The number of aromatic nitrogens is 2. The summed E-state index contributed by atoms with van der Waals surface area (Å²) in [4.78, 5) is 38.3. The van der Waals surface area contributed by atoms with Gasteiger partial charge < -0.3 is 15.4 Å². The molecule has 4 aromatic carbocycles. The smallest absolute Gasteiger partial charge is 0.329 e. The molecule has 0 bridgehead atoms.